The van der Waals surface area contributed by atoms with Gasteiger partial charge in [0, 0.05) is 42.6 Å². The summed E-state index contributed by atoms with van der Waals surface area (Å²) in [5, 5.41) is 0.595. The van der Waals surface area contributed by atoms with Crippen LogP contribution < -0.4 is 0 Å². The van der Waals surface area contributed by atoms with Gasteiger partial charge < -0.3 is 14.4 Å². The van der Waals surface area contributed by atoms with Crippen LogP contribution in [0.5, 0.6) is 0 Å². The number of piperazine rings is 1. The average molecular weight is 534 g/mol. The minimum absolute atomic E-state index is 0.0535. The number of aromatic nitrogens is 1. The topological polar surface area (TPSA) is 45.6 Å². The van der Waals surface area contributed by atoms with Crippen LogP contribution in [0.15, 0.2) is 78.9 Å². The van der Waals surface area contributed by atoms with Crippen molar-refractivity contribution in [3.8, 4) is 16.9 Å². The van der Waals surface area contributed by atoms with Gasteiger partial charge in [0.1, 0.15) is 11.6 Å². The monoisotopic (exact) mass is 533 g/mol. The lowest BCUT2D eigenvalue weighted by molar-refractivity contribution is -0.131. The molecule has 3 aromatic carbocycles. The molecule has 38 heavy (non-hydrogen) atoms. The number of amides is 2. The Bertz CT molecular complexity index is 1470. The van der Waals surface area contributed by atoms with Crippen molar-refractivity contribution >= 4 is 23.4 Å². The fourth-order valence-corrected chi connectivity index (χ4v) is 4.95. The van der Waals surface area contributed by atoms with Gasteiger partial charge in [0.15, 0.2) is 0 Å². The van der Waals surface area contributed by atoms with E-state index >= 15 is 0 Å². The Morgan fingerprint density at radius 2 is 1.47 bits per heavy atom. The predicted molar refractivity (Wildman–Crippen MR) is 143 cm³/mol. The molecule has 1 aliphatic heterocycles. The summed E-state index contributed by atoms with van der Waals surface area (Å²) >= 11 is 6.09. The largest absolute Gasteiger partial charge is 0.339 e. The second-order valence-electron chi connectivity index (χ2n) is 9.33. The van der Waals surface area contributed by atoms with Crippen molar-refractivity contribution in [1.82, 2.24) is 14.4 Å². The van der Waals surface area contributed by atoms with Crippen LogP contribution in [0.3, 0.4) is 0 Å². The molecule has 5 rings (SSSR count). The molecule has 0 spiro atoms. The van der Waals surface area contributed by atoms with Gasteiger partial charge in [-0.25, -0.2) is 8.78 Å². The lowest BCUT2D eigenvalue weighted by Crippen LogP contribution is -2.51. The molecule has 1 aliphatic rings. The van der Waals surface area contributed by atoms with E-state index in [-0.39, 0.29) is 29.9 Å². The number of benzene rings is 3. The summed E-state index contributed by atoms with van der Waals surface area (Å²) in [6.07, 6.45) is 0.189. The minimum atomic E-state index is -0.369. The highest BCUT2D eigenvalue weighted by Gasteiger charge is 2.28. The smallest absolute Gasteiger partial charge is 0.255 e. The maximum atomic E-state index is 14.1. The molecule has 0 aliphatic carbocycles. The molecule has 0 radical (unpaired) electrons. The number of nitrogens with zero attached hydrogens (tertiary/aromatic N) is 3. The van der Waals surface area contributed by atoms with E-state index in [0.717, 1.165) is 16.8 Å². The van der Waals surface area contributed by atoms with E-state index in [2.05, 4.69) is 0 Å². The van der Waals surface area contributed by atoms with Crippen molar-refractivity contribution in [2.45, 2.75) is 13.3 Å². The molecule has 5 nitrogen and oxygen atoms in total. The second-order valence-corrected chi connectivity index (χ2v) is 9.76. The van der Waals surface area contributed by atoms with Crippen LogP contribution in [0.2, 0.25) is 5.02 Å². The summed E-state index contributed by atoms with van der Waals surface area (Å²) in [5.74, 6) is -0.901. The number of halogens is 3. The van der Waals surface area contributed by atoms with Gasteiger partial charge in [-0.1, -0.05) is 41.9 Å². The number of carbonyl (C=O) groups excluding carboxylic acids is 2. The molecule has 0 atom stereocenters. The van der Waals surface area contributed by atoms with E-state index in [9.17, 15) is 18.4 Å². The Balaban J connectivity index is 1.37. The summed E-state index contributed by atoms with van der Waals surface area (Å²) in [7, 11) is 0. The summed E-state index contributed by atoms with van der Waals surface area (Å²) in [6.45, 7) is 3.47. The van der Waals surface area contributed by atoms with Gasteiger partial charge in [0.25, 0.3) is 5.91 Å². The van der Waals surface area contributed by atoms with Crippen LogP contribution in [0, 0.1) is 18.6 Å². The average Bonchev–Trinajstić information content (AvgIpc) is 3.27. The Labute approximate surface area is 224 Å². The Morgan fingerprint density at radius 1 is 0.816 bits per heavy atom. The minimum Gasteiger partial charge on any atom is -0.339 e. The van der Waals surface area contributed by atoms with Crippen LogP contribution >= 0.6 is 11.6 Å². The van der Waals surface area contributed by atoms with Crippen molar-refractivity contribution in [2.24, 2.45) is 0 Å². The third kappa shape index (κ3) is 5.34. The van der Waals surface area contributed by atoms with Crippen LogP contribution in [0.4, 0.5) is 8.78 Å². The third-order valence-electron chi connectivity index (χ3n) is 6.87. The molecule has 0 saturated carbocycles. The molecule has 0 N–H and O–H groups in total. The zero-order chi connectivity index (χ0) is 26.8. The van der Waals surface area contributed by atoms with Crippen LogP contribution in [-0.4, -0.2) is 52.4 Å². The second kappa shape index (κ2) is 10.8. The first-order valence-electron chi connectivity index (χ1n) is 12.4. The molecule has 8 heteroatoms. The summed E-state index contributed by atoms with van der Waals surface area (Å²) < 4.78 is 29.2. The van der Waals surface area contributed by atoms with E-state index in [0.29, 0.717) is 48.1 Å². The number of hydrogen-bond donors (Lipinski definition) is 0. The van der Waals surface area contributed by atoms with Crippen LogP contribution in [0.25, 0.3) is 16.9 Å². The Kier molecular flexibility index (Phi) is 7.29. The zero-order valence-electron chi connectivity index (χ0n) is 20.8. The van der Waals surface area contributed by atoms with Crippen molar-refractivity contribution in [2.75, 3.05) is 26.2 Å². The first kappa shape index (κ1) is 25.7. The van der Waals surface area contributed by atoms with E-state index in [1.54, 1.807) is 46.2 Å². The molecule has 1 fully saturated rings. The molecular weight excluding hydrogens is 508 g/mol. The van der Waals surface area contributed by atoms with E-state index in [1.165, 1.54) is 24.3 Å². The zero-order valence-corrected chi connectivity index (χ0v) is 21.6. The van der Waals surface area contributed by atoms with Crippen molar-refractivity contribution in [3.05, 3.63) is 112 Å². The maximum absolute atomic E-state index is 14.1. The summed E-state index contributed by atoms with van der Waals surface area (Å²) in [5.41, 5.74) is 4.17. The molecule has 1 saturated heterocycles. The van der Waals surface area contributed by atoms with Crippen molar-refractivity contribution in [3.63, 3.8) is 0 Å². The maximum Gasteiger partial charge on any atom is 0.255 e. The quantitative estimate of drug-likeness (QED) is 0.320. The number of rotatable bonds is 5. The Morgan fingerprint density at radius 3 is 2.13 bits per heavy atom. The van der Waals surface area contributed by atoms with Gasteiger partial charge in [-0.05, 0) is 66.6 Å². The normalized spacial score (nSPS) is 13.6. The van der Waals surface area contributed by atoms with Gasteiger partial charge in [0.05, 0.1) is 17.7 Å². The van der Waals surface area contributed by atoms with Crippen LogP contribution in [-0.2, 0) is 11.2 Å². The molecule has 2 heterocycles. The lowest BCUT2D eigenvalue weighted by atomic mass is 10.1. The summed E-state index contributed by atoms with van der Waals surface area (Å²) in [6, 6.07) is 21.3. The van der Waals surface area contributed by atoms with Gasteiger partial charge in [-0.3, -0.25) is 9.59 Å². The SMILES string of the molecule is Cc1c(C(=O)N2CCN(C(=O)Cc3ccc(F)cc3)CC2)cc(-c2ccc(Cl)cc2)n1-c1cccc(F)c1. The highest BCUT2D eigenvalue weighted by Crippen LogP contribution is 2.31. The predicted octanol–water partition coefficient (Wildman–Crippen LogP) is 5.91. The fraction of sp³-hybridized carbons (Fsp3) is 0.200. The van der Waals surface area contributed by atoms with E-state index < -0.39 is 0 Å². The lowest BCUT2D eigenvalue weighted by Gasteiger charge is -2.35. The highest BCUT2D eigenvalue weighted by molar-refractivity contribution is 6.30. The molecule has 2 amide bonds. The summed E-state index contributed by atoms with van der Waals surface area (Å²) in [4.78, 5) is 29.9. The van der Waals surface area contributed by atoms with Crippen molar-refractivity contribution < 1.29 is 18.4 Å². The molecule has 0 unspecified atom stereocenters. The van der Waals surface area contributed by atoms with Crippen molar-refractivity contribution in [1.29, 1.82) is 0 Å². The van der Waals surface area contributed by atoms with E-state index in [1.807, 2.05) is 29.7 Å². The Hall–Kier alpha value is -3.97. The molecule has 194 valence electrons. The van der Waals surface area contributed by atoms with Gasteiger partial charge in [0.2, 0.25) is 5.91 Å². The molecule has 0 bridgehead atoms. The van der Waals surface area contributed by atoms with Gasteiger partial charge in [-0.2, -0.15) is 0 Å². The number of hydrogen-bond acceptors (Lipinski definition) is 2. The third-order valence-corrected chi connectivity index (χ3v) is 7.12. The first-order chi connectivity index (χ1) is 18.3. The van der Waals surface area contributed by atoms with Gasteiger partial charge >= 0.3 is 0 Å². The molecule has 4 aromatic rings. The standard InChI is InChI=1S/C30H26ClF2N3O2/c1-20-27(19-28(22-7-9-23(31)10-8-22)36(20)26-4-2-3-25(33)18-26)30(38)35-15-13-34(14-16-35)29(37)17-21-5-11-24(32)12-6-21/h2-12,18-19H,13-17H2,1H3. The molecule has 1 aromatic heterocycles. The number of carbonyl (C=O) groups is 2. The van der Waals surface area contributed by atoms with Crippen LogP contribution in [0.1, 0.15) is 21.6 Å². The molecular formula is C30H26ClF2N3O2. The van der Waals surface area contributed by atoms with E-state index in [4.69, 9.17) is 11.6 Å². The highest BCUT2D eigenvalue weighted by atomic mass is 35.5. The van der Waals surface area contributed by atoms with Gasteiger partial charge in [-0.15, -0.1) is 0 Å². The fourth-order valence-electron chi connectivity index (χ4n) is 4.82. The first-order valence-corrected chi connectivity index (χ1v) is 12.7.